The van der Waals surface area contributed by atoms with E-state index in [2.05, 4.69) is 5.10 Å². The molecule has 3 heterocycles. The molecule has 166 valence electrons. The van der Waals surface area contributed by atoms with E-state index in [-0.39, 0.29) is 11.5 Å². The lowest BCUT2D eigenvalue weighted by Crippen LogP contribution is -2.26. The van der Waals surface area contributed by atoms with Gasteiger partial charge in [0.05, 0.1) is 23.1 Å². The van der Waals surface area contributed by atoms with E-state index in [1.807, 2.05) is 54.6 Å². The second-order valence-corrected chi connectivity index (χ2v) is 8.45. The summed E-state index contributed by atoms with van der Waals surface area (Å²) in [4.78, 5) is 26.4. The summed E-state index contributed by atoms with van der Waals surface area (Å²) in [5, 5.41) is 7.67. The van der Waals surface area contributed by atoms with Crippen LogP contribution in [0.4, 0.5) is 0 Å². The number of hydrogen-bond donors (Lipinski definition) is 0. The minimum atomic E-state index is -0.392. The minimum absolute atomic E-state index is 0.128. The molecule has 6 nitrogen and oxygen atoms in total. The van der Waals surface area contributed by atoms with Crippen molar-refractivity contribution in [2.24, 2.45) is 12.1 Å². The van der Waals surface area contributed by atoms with Crippen LogP contribution in [0, 0.1) is 0 Å². The number of aryl methyl sites for hydroxylation is 1. The molecule has 0 fully saturated rings. The third-order valence-corrected chi connectivity index (χ3v) is 6.32. The van der Waals surface area contributed by atoms with E-state index in [9.17, 15) is 9.59 Å². The standard InChI is InChI=1S/C26H22ClN3O3/c1-3-23(31)30-21(22-9-6-14-33-22)15-19(28-30)25-24(16-10-12-17(27)13-11-16)18-7-4-5-8-20(18)29(2)26(25)32/h4-14,21H,3,15H2,1-2H3/t21-/m1/s1. The molecule has 1 atom stereocenters. The van der Waals surface area contributed by atoms with Gasteiger partial charge in [0.1, 0.15) is 11.8 Å². The van der Waals surface area contributed by atoms with Crippen LogP contribution >= 0.6 is 11.6 Å². The Hall–Kier alpha value is -3.64. The summed E-state index contributed by atoms with van der Waals surface area (Å²) in [6, 6.07) is 18.4. The highest BCUT2D eigenvalue weighted by Crippen LogP contribution is 2.37. The number of nitrogens with zero attached hydrogens (tertiary/aromatic N) is 3. The Morgan fingerprint density at radius 3 is 2.55 bits per heavy atom. The summed E-state index contributed by atoms with van der Waals surface area (Å²) in [6.45, 7) is 1.79. The highest BCUT2D eigenvalue weighted by atomic mass is 35.5. The first-order valence-corrected chi connectivity index (χ1v) is 11.2. The Labute approximate surface area is 195 Å². The molecule has 1 aliphatic rings. The van der Waals surface area contributed by atoms with Crippen LogP contribution in [-0.4, -0.2) is 21.2 Å². The topological polar surface area (TPSA) is 67.8 Å². The third kappa shape index (κ3) is 3.56. The summed E-state index contributed by atoms with van der Waals surface area (Å²) < 4.78 is 7.25. The fraction of sp³-hybridized carbons (Fsp3) is 0.192. The maximum atomic E-state index is 13.7. The van der Waals surface area contributed by atoms with Crippen molar-refractivity contribution >= 4 is 34.1 Å². The van der Waals surface area contributed by atoms with Crippen molar-refractivity contribution in [3.63, 3.8) is 0 Å². The van der Waals surface area contributed by atoms with Crippen molar-refractivity contribution in [1.29, 1.82) is 0 Å². The normalized spacial score (nSPS) is 15.8. The molecule has 2 aromatic carbocycles. The van der Waals surface area contributed by atoms with E-state index in [4.69, 9.17) is 16.0 Å². The van der Waals surface area contributed by atoms with Crippen molar-refractivity contribution in [1.82, 2.24) is 9.58 Å². The molecule has 0 saturated heterocycles. The van der Waals surface area contributed by atoms with Gasteiger partial charge >= 0.3 is 0 Å². The summed E-state index contributed by atoms with van der Waals surface area (Å²) in [5.41, 5.74) is 3.35. The van der Waals surface area contributed by atoms with Crippen LogP contribution in [-0.2, 0) is 11.8 Å². The minimum Gasteiger partial charge on any atom is -0.467 e. The van der Waals surface area contributed by atoms with Crippen LogP contribution in [0.25, 0.3) is 22.0 Å². The van der Waals surface area contributed by atoms with E-state index in [0.717, 1.165) is 22.0 Å². The molecule has 5 rings (SSSR count). The number of rotatable bonds is 4. The quantitative estimate of drug-likeness (QED) is 0.402. The maximum absolute atomic E-state index is 13.7. The summed E-state index contributed by atoms with van der Waals surface area (Å²) in [6.07, 6.45) is 2.26. The Morgan fingerprint density at radius 1 is 1.09 bits per heavy atom. The van der Waals surface area contributed by atoms with Gasteiger partial charge in [-0.05, 0) is 35.9 Å². The molecule has 2 aromatic heterocycles. The monoisotopic (exact) mass is 459 g/mol. The van der Waals surface area contributed by atoms with Gasteiger partial charge in [-0.2, -0.15) is 5.10 Å². The number of furan rings is 1. The predicted octanol–water partition coefficient (Wildman–Crippen LogP) is 5.54. The molecular weight excluding hydrogens is 438 g/mol. The van der Waals surface area contributed by atoms with Crippen LogP contribution in [0.15, 0.2) is 81.2 Å². The zero-order valence-electron chi connectivity index (χ0n) is 18.3. The molecule has 7 heteroatoms. The number of para-hydroxylation sites is 1. The Balaban J connectivity index is 1.78. The van der Waals surface area contributed by atoms with Gasteiger partial charge in [0.15, 0.2) is 0 Å². The van der Waals surface area contributed by atoms with Crippen LogP contribution in [0.2, 0.25) is 5.02 Å². The molecule has 1 amide bonds. The van der Waals surface area contributed by atoms with Gasteiger partial charge in [-0.25, -0.2) is 5.01 Å². The van der Waals surface area contributed by atoms with E-state index < -0.39 is 6.04 Å². The van der Waals surface area contributed by atoms with Crippen LogP contribution in [0.5, 0.6) is 0 Å². The molecule has 0 spiro atoms. The number of hydrazone groups is 1. The van der Waals surface area contributed by atoms with Crippen molar-refractivity contribution in [2.45, 2.75) is 25.8 Å². The van der Waals surface area contributed by atoms with Gasteiger partial charge in [0, 0.05) is 35.9 Å². The van der Waals surface area contributed by atoms with Crippen LogP contribution < -0.4 is 5.56 Å². The highest BCUT2D eigenvalue weighted by molar-refractivity contribution is 6.30. The summed E-state index contributed by atoms with van der Waals surface area (Å²) in [5.74, 6) is 0.512. The Morgan fingerprint density at radius 2 is 1.85 bits per heavy atom. The Kier molecular flexibility index (Phi) is 5.38. The largest absolute Gasteiger partial charge is 0.467 e. The number of carbonyl (C=O) groups excluding carboxylic acids is 1. The molecular formula is C26H22ClN3O3. The second kappa shape index (κ2) is 8.37. The van der Waals surface area contributed by atoms with E-state index >= 15 is 0 Å². The predicted molar refractivity (Wildman–Crippen MR) is 129 cm³/mol. The molecule has 1 aliphatic heterocycles. The maximum Gasteiger partial charge on any atom is 0.260 e. The van der Waals surface area contributed by atoms with E-state index in [1.165, 1.54) is 5.01 Å². The first kappa shape index (κ1) is 21.2. The smallest absolute Gasteiger partial charge is 0.260 e. The molecule has 0 aliphatic carbocycles. The number of aromatic nitrogens is 1. The third-order valence-electron chi connectivity index (χ3n) is 6.06. The van der Waals surface area contributed by atoms with Crippen LogP contribution in [0.3, 0.4) is 0 Å². The molecule has 0 unspecified atom stereocenters. The fourth-order valence-electron chi connectivity index (χ4n) is 4.44. The number of amides is 1. The van der Waals surface area contributed by atoms with Gasteiger partial charge < -0.3 is 8.98 Å². The van der Waals surface area contributed by atoms with Crippen molar-refractivity contribution in [3.8, 4) is 11.1 Å². The van der Waals surface area contributed by atoms with Gasteiger partial charge in [0.25, 0.3) is 5.56 Å². The number of fused-ring (bicyclic) bond motifs is 1. The lowest BCUT2D eigenvalue weighted by molar-refractivity contribution is -0.133. The SMILES string of the molecule is CCC(=O)N1N=C(c2c(-c3ccc(Cl)cc3)c3ccccc3n(C)c2=O)C[C@@H]1c1ccco1. The number of hydrogen-bond acceptors (Lipinski definition) is 4. The van der Waals surface area contributed by atoms with E-state index in [1.54, 1.807) is 30.9 Å². The van der Waals surface area contributed by atoms with Crippen LogP contribution in [0.1, 0.15) is 37.1 Å². The zero-order chi connectivity index (χ0) is 23.1. The number of halogens is 1. The molecule has 0 radical (unpaired) electrons. The molecule has 0 saturated carbocycles. The summed E-state index contributed by atoms with van der Waals surface area (Å²) in [7, 11) is 1.76. The Bertz CT molecular complexity index is 1440. The average Bonchev–Trinajstić information content (AvgIpc) is 3.51. The molecule has 0 N–H and O–H groups in total. The van der Waals surface area contributed by atoms with E-state index in [0.29, 0.717) is 34.9 Å². The van der Waals surface area contributed by atoms with Crippen molar-refractivity contribution in [2.75, 3.05) is 0 Å². The lowest BCUT2D eigenvalue weighted by atomic mass is 9.91. The summed E-state index contributed by atoms with van der Waals surface area (Å²) >= 11 is 6.14. The lowest BCUT2D eigenvalue weighted by Gasteiger charge is -2.18. The van der Waals surface area contributed by atoms with Gasteiger partial charge in [-0.1, -0.05) is 48.9 Å². The molecule has 33 heavy (non-hydrogen) atoms. The zero-order valence-corrected chi connectivity index (χ0v) is 19.0. The number of pyridine rings is 1. The first-order valence-electron chi connectivity index (χ1n) is 10.8. The van der Waals surface area contributed by atoms with Gasteiger partial charge in [-0.15, -0.1) is 0 Å². The highest BCUT2D eigenvalue weighted by Gasteiger charge is 2.36. The average molecular weight is 460 g/mol. The van der Waals surface area contributed by atoms with Crippen molar-refractivity contribution < 1.29 is 9.21 Å². The van der Waals surface area contributed by atoms with Gasteiger partial charge in [-0.3, -0.25) is 9.59 Å². The van der Waals surface area contributed by atoms with Crippen molar-refractivity contribution in [3.05, 3.63) is 93.6 Å². The first-order chi connectivity index (χ1) is 16.0. The van der Waals surface area contributed by atoms with Gasteiger partial charge in [0.2, 0.25) is 5.91 Å². The fourth-order valence-corrected chi connectivity index (χ4v) is 4.56. The number of benzene rings is 2. The number of carbonyl (C=O) groups is 1. The second-order valence-electron chi connectivity index (χ2n) is 8.01. The molecule has 0 bridgehead atoms. The molecule has 4 aromatic rings.